The number of rotatable bonds is 2. The van der Waals surface area contributed by atoms with Crippen LogP contribution in [0.1, 0.15) is 26.5 Å². The molecule has 0 spiro atoms. The Morgan fingerprint density at radius 3 is 2.54 bits per heavy atom. The van der Waals surface area contributed by atoms with E-state index >= 15 is 0 Å². The summed E-state index contributed by atoms with van der Waals surface area (Å²) < 4.78 is 0. The molecule has 72 valence electrons. The van der Waals surface area contributed by atoms with Gasteiger partial charge >= 0.3 is 0 Å². The van der Waals surface area contributed by atoms with E-state index in [4.69, 9.17) is 0 Å². The molecule has 1 atom stereocenters. The zero-order chi connectivity index (χ0) is 9.90. The predicted molar refractivity (Wildman–Crippen MR) is 51.2 cm³/mol. The van der Waals surface area contributed by atoms with E-state index in [0.717, 1.165) is 5.69 Å². The van der Waals surface area contributed by atoms with Crippen LogP contribution in [0, 0.1) is 5.41 Å². The standard InChI is InChI=1S/C10H16N2O/c1-10(2,3)9(13)6-8-7-11-4-5-12-8/h4-5,7,9,13H,6H2,1-3H3. The van der Waals surface area contributed by atoms with Gasteiger partial charge in [0.15, 0.2) is 0 Å². The first-order valence-corrected chi connectivity index (χ1v) is 4.43. The predicted octanol–water partition coefficient (Wildman–Crippen LogP) is 1.43. The highest BCUT2D eigenvalue weighted by Crippen LogP contribution is 2.21. The largest absolute Gasteiger partial charge is 0.392 e. The number of hydrogen-bond donors (Lipinski definition) is 1. The van der Waals surface area contributed by atoms with Gasteiger partial charge in [-0.25, -0.2) is 0 Å². The van der Waals surface area contributed by atoms with Gasteiger partial charge in [-0.2, -0.15) is 0 Å². The smallest absolute Gasteiger partial charge is 0.0644 e. The second-order valence-corrected chi connectivity index (χ2v) is 4.28. The monoisotopic (exact) mass is 180 g/mol. The Balaban J connectivity index is 2.61. The molecule has 13 heavy (non-hydrogen) atoms. The van der Waals surface area contributed by atoms with Crippen molar-refractivity contribution in [1.82, 2.24) is 9.97 Å². The van der Waals surface area contributed by atoms with Crippen LogP contribution < -0.4 is 0 Å². The normalized spacial score (nSPS) is 14.2. The van der Waals surface area contributed by atoms with Crippen molar-refractivity contribution in [2.24, 2.45) is 5.41 Å². The van der Waals surface area contributed by atoms with Crippen LogP contribution in [0.15, 0.2) is 18.6 Å². The average Bonchev–Trinajstić information content (AvgIpc) is 2.04. The first-order chi connectivity index (χ1) is 6.00. The van der Waals surface area contributed by atoms with E-state index in [2.05, 4.69) is 9.97 Å². The van der Waals surface area contributed by atoms with E-state index in [9.17, 15) is 5.11 Å². The summed E-state index contributed by atoms with van der Waals surface area (Å²) in [5.41, 5.74) is 0.738. The highest BCUT2D eigenvalue weighted by molar-refractivity contribution is 4.98. The molecule has 0 fully saturated rings. The van der Waals surface area contributed by atoms with Gasteiger partial charge in [-0.15, -0.1) is 0 Å². The molecule has 0 saturated carbocycles. The Hall–Kier alpha value is -0.960. The lowest BCUT2D eigenvalue weighted by molar-refractivity contribution is 0.0627. The zero-order valence-electron chi connectivity index (χ0n) is 8.36. The lowest BCUT2D eigenvalue weighted by atomic mass is 9.86. The van der Waals surface area contributed by atoms with Crippen molar-refractivity contribution in [3.63, 3.8) is 0 Å². The molecule has 0 bridgehead atoms. The molecule has 1 N–H and O–H groups in total. The van der Waals surface area contributed by atoms with Gasteiger partial charge in [0.25, 0.3) is 0 Å². The third-order valence-corrected chi connectivity index (χ3v) is 2.02. The Morgan fingerprint density at radius 2 is 2.08 bits per heavy atom. The van der Waals surface area contributed by atoms with Gasteiger partial charge in [-0.3, -0.25) is 9.97 Å². The fourth-order valence-corrected chi connectivity index (χ4v) is 0.940. The Kier molecular flexibility index (Phi) is 2.98. The maximum atomic E-state index is 9.77. The molecule has 0 aliphatic heterocycles. The van der Waals surface area contributed by atoms with Gasteiger partial charge in [-0.05, 0) is 5.41 Å². The van der Waals surface area contributed by atoms with Crippen molar-refractivity contribution < 1.29 is 5.11 Å². The maximum Gasteiger partial charge on any atom is 0.0644 e. The molecule has 3 heteroatoms. The Morgan fingerprint density at radius 1 is 1.38 bits per heavy atom. The molecule has 0 aliphatic carbocycles. The fraction of sp³-hybridized carbons (Fsp3) is 0.600. The minimum absolute atomic E-state index is 0.0997. The summed E-state index contributed by atoms with van der Waals surface area (Å²) in [5, 5.41) is 9.77. The van der Waals surface area contributed by atoms with Crippen LogP contribution >= 0.6 is 0 Å². The molecule has 3 nitrogen and oxygen atoms in total. The quantitative estimate of drug-likeness (QED) is 0.748. The lowest BCUT2D eigenvalue weighted by Crippen LogP contribution is -2.28. The maximum absolute atomic E-state index is 9.77. The van der Waals surface area contributed by atoms with E-state index in [1.54, 1.807) is 18.6 Å². The lowest BCUT2D eigenvalue weighted by Gasteiger charge is -2.25. The van der Waals surface area contributed by atoms with Gasteiger partial charge in [0.1, 0.15) is 0 Å². The summed E-state index contributed by atoms with van der Waals surface area (Å²) in [7, 11) is 0. The van der Waals surface area contributed by atoms with E-state index in [1.165, 1.54) is 0 Å². The van der Waals surface area contributed by atoms with Crippen LogP contribution in [0.4, 0.5) is 0 Å². The zero-order valence-corrected chi connectivity index (χ0v) is 8.36. The second-order valence-electron chi connectivity index (χ2n) is 4.28. The van der Waals surface area contributed by atoms with Gasteiger partial charge in [0.2, 0.25) is 0 Å². The van der Waals surface area contributed by atoms with Crippen LogP contribution in [-0.4, -0.2) is 21.2 Å². The fourth-order valence-electron chi connectivity index (χ4n) is 0.940. The van der Waals surface area contributed by atoms with Gasteiger partial charge in [0, 0.05) is 25.0 Å². The number of aliphatic hydroxyl groups excluding tert-OH is 1. The summed E-state index contributed by atoms with van der Waals surface area (Å²) in [5.74, 6) is 0. The van der Waals surface area contributed by atoms with Crippen molar-refractivity contribution in [1.29, 1.82) is 0 Å². The van der Waals surface area contributed by atoms with Crippen molar-refractivity contribution in [3.8, 4) is 0 Å². The highest BCUT2D eigenvalue weighted by Gasteiger charge is 2.22. The van der Waals surface area contributed by atoms with E-state index in [-0.39, 0.29) is 11.5 Å². The van der Waals surface area contributed by atoms with E-state index < -0.39 is 0 Å². The average molecular weight is 180 g/mol. The SMILES string of the molecule is CC(C)(C)C(O)Cc1cnccn1. The van der Waals surface area contributed by atoms with Gasteiger partial charge in [-0.1, -0.05) is 20.8 Å². The van der Waals surface area contributed by atoms with Crippen molar-refractivity contribution in [3.05, 3.63) is 24.3 Å². The van der Waals surface area contributed by atoms with Gasteiger partial charge in [0.05, 0.1) is 11.8 Å². The molecular formula is C10H16N2O. The van der Waals surface area contributed by atoms with Gasteiger partial charge < -0.3 is 5.11 Å². The molecular weight excluding hydrogens is 164 g/mol. The molecule has 1 aromatic heterocycles. The molecule has 0 aromatic carbocycles. The van der Waals surface area contributed by atoms with Crippen LogP contribution in [-0.2, 0) is 6.42 Å². The minimum Gasteiger partial charge on any atom is -0.392 e. The van der Waals surface area contributed by atoms with Crippen LogP contribution in [0.25, 0.3) is 0 Å². The summed E-state index contributed by atoms with van der Waals surface area (Å²) in [4.78, 5) is 8.06. The third-order valence-electron chi connectivity index (χ3n) is 2.02. The van der Waals surface area contributed by atoms with Crippen LogP contribution in [0.2, 0.25) is 0 Å². The van der Waals surface area contributed by atoms with Crippen molar-refractivity contribution in [2.75, 3.05) is 0 Å². The van der Waals surface area contributed by atoms with Crippen LogP contribution in [0.3, 0.4) is 0 Å². The van der Waals surface area contributed by atoms with E-state index in [1.807, 2.05) is 20.8 Å². The number of nitrogens with zero attached hydrogens (tertiary/aromatic N) is 2. The molecule has 0 aliphatic rings. The Labute approximate surface area is 78.9 Å². The summed E-state index contributed by atoms with van der Waals surface area (Å²) >= 11 is 0. The van der Waals surface area contributed by atoms with Crippen molar-refractivity contribution >= 4 is 0 Å². The minimum atomic E-state index is -0.371. The van der Waals surface area contributed by atoms with Crippen LogP contribution in [0.5, 0.6) is 0 Å². The molecule has 0 radical (unpaired) electrons. The summed E-state index contributed by atoms with van der Waals surface area (Å²) in [6.45, 7) is 6.02. The highest BCUT2D eigenvalue weighted by atomic mass is 16.3. The second kappa shape index (κ2) is 3.83. The molecule has 1 aromatic rings. The molecule has 1 rings (SSSR count). The third kappa shape index (κ3) is 3.11. The summed E-state index contributed by atoms with van der Waals surface area (Å²) in [6.07, 6.45) is 5.16. The van der Waals surface area contributed by atoms with Crippen molar-refractivity contribution in [2.45, 2.75) is 33.3 Å². The molecule has 0 amide bonds. The molecule has 0 saturated heterocycles. The van der Waals surface area contributed by atoms with E-state index in [0.29, 0.717) is 6.42 Å². The number of aliphatic hydroxyl groups is 1. The number of hydrogen-bond acceptors (Lipinski definition) is 3. The summed E-state index contributed by atoms with van der Waals surface area (Å²) in [6, 6.07) is 0. The number of aromatic nitrogens is 2. The molecule has 1 unspecified atom stereocenters. The first kappa shape index (κ1) is 10.1. The topological polar surface area (TPSA) is 46.0 Å². The Bertz CT molecular complexity index is 253. The molecule has 1 heterocycles. The first-order valence-electron chi connectivity index (χ1n) is 4.43.